The highest BCUT2D eigenvalue weighted by Crippen LogP contribution is 2.37. The lowest BCUT2D eigenvalue weighted by atomic mass is 9.83. The van der Waals surface area contributed by atoms with Crippen LogP contribution in [-0.2, 0) is 11.3 Å². The predicted octanol–water partition coefficient (Wildman–Crippen LogP) is 2.67. The summed E-state index contributed by atoms with van der Waals surface area (Å²) in [6, 6.07) is 1.63. The zero-order chi connectivity index (χ0) is 16.9. The number of hydrogen-bond acceptors (Lipinski definition) is 4. The molecule has 0 aromatic carbocycles. The Balaban J connectivity index is 1.89. The quantitative estimate of drug-likeness (QED) is 0.746. The maximum absolute atomic E-state index is 12.3. The molecule has 0 saturated carbocycles. The van der Waals surface area contributed by atoms with Crippen molar-refractivity contribution >= 4 is 22.0 Å². The van der Waals surface area contributed by atoms with Gasteiger partial charge in [-0.2, -0.15) is 0 Å². The maximum atomic E-state index is 12.3. The Labute approximate surface area is 143 Å². The largest absolute Gasteiger partial charge is 0.506 e. The van der Waals surface area contributed by atoms with Crippen molar-refractivity contribution in [3.63, 3.8) is 0 Å². The van der Waals surface area contributed by atoms with Gasteiger partial charge in [0.15, 0.2) is 0 Å². The number of likely N-dealkylation sites (tertiary alicyclic amines) is 1. The lowest BCUT2D eigenvalue weighted by molar-refractivity contribution is 0.0101. The molecule has 0 radical (unpaired) electrons. The topological polar surface area (TPSA) is 71.8 Å². The van der Waals surface area contributed by atoms with E-state index >= 15 is 0 Å². The fourth-order valence-electron chi connectivity index (χ4n) is 3.44. The maximum Gasteiger partial charge on any atom is 0.410 e. The Morgan fingerprint density at radius 1 is 1.35 bits per heavy atom. The molecule has 2 aliphatic rings. The predicted molar refractivity (Wildman–Crippen MR) is 88.7 cm³/mol. The summed E-state index contributed by atoms with van der Waals surface area (Å²) in [5.74, 6) is 0.221. The van der Waals surface area contributed by atoms with Crippen LogP contribution in [0.15, 0.2) is 15.3 Å². The highest BCUT2D eigenvalue weighted by molar-refractivity contribution is 9.10. The molecular weight excluding hydrogens is 364 g/mol. The lowest BCUT2D eigenvalue weighted by Gasteiger charge is -2.42. The summed E-state index contributed by atoms with van der Waals surface area (Å²) in [6.07, 6.45) is 0.601. The van der Waals surface area contributed by atoms with Gasteiger partial charge in [-0.25, -0.2) is 4.79 Å². The molecule has 1 N–H and O–H groups in total. The standard InChI is InChI=1S/C16H21BrN2O4/c1-16(2,3)23-15(22)18-6-9-4-10(8-18)11-5-12(20)13(17)14(21)19(11)7-9/h5,9-10,20H,4,6-8H2,1-3H3/t9?,10-/m0/s1. The summed E-state index contributed by atoms with van der Waals surface area (Å²) >= 11 is 3.14. The second kappa shape index (κ2) is 5.54. The first-order valence-corrected chi connectivity index (χ1v) is 8.55. The van der Waals surface area contributed by atoms with E-state index in [1.165, 1.54) is 0 Å². The molecule has 2 aliphatic heterocycles. The zero-order valence-corrected chi connectivity index (χ0v) is 15.1. The molecule has 6 nitrogen and oxygen atoms in total. The Bertz CT molecular complexity index is 707. The highest BCUT2D eigenvalue weighted by Gasteiger charge is 2.38. The SMILES string of the molecule is CC(C)(C)OC(=O)N1CC2C[C@@H](C1)c1cc(O)c(Br)c(=O)n1C2. The number of aromatic hydroxyl groups is 1. The van der Waals surface area contributed by atoms with Gasteiger partial charge in [-0.15, -0.1) is 0 Å². The molecule has 1 saturated heterocycles. The average molecular weight is 385 g/mol. The number of hydrogen-bond donors (Lipinski definition) is 1. The Hall–Kier alpha value is -1.50. The van der Waals surface area contributed by atoms with Gasteiger partial charge in [-0.3, -0.25) is 4.79 Å². The van der Waals surface area contributed by atoms with E-state index in [-0.39, 0.29) is 33.7 Å². The van der Waals surface area contributed by atoms with Crippen LogP contribution in [0, 0.1) is 5.92 Å². The van der Waals surface area contributed by atoms with Crippen LogP contribution >= 0.6 is 15.9 Å². The van der Waals surface area contributed by atoms with Crippen LogP contribution < -0.4 is 5.56 Å². The van der Waals surface area contributed by atoms with Crippen LogP contribution in [0.3, 0.4) is 0 Å². The van der Waals surface area contributed by atoms with Gasteiger partial charge >= 0.3 is 6.09 Å². The van der Waals surface area contributed by atoms with Gasteiger partial charge in [-0.1, -0.05) is 0 Å². The molecule has 1 fully saturated rings. The Kier molecular flexibility index (Phi) is 3.94. The molecule has 1 aromatic rings. The molecular formula is C16H21BrN2O4. The fraction of sp³-hybridized carbons (Fsp3) is 0.625. The lowest BCUT2D eigenvalue weighted by Crippen LogP contribution is -2.50. The van der Waals surface area contributed by atoms with E-state index in [4.69, 9.17) is 4.74 Å². The number of aromatic nitrogens is 1. The van der Waals surface area contributed by atoms with E-state index in [1.54, 1.807) is 15.5 Å². The first kappa shape index (κ1) is 16.4. The minimum Gasteiger partial charge on any atom is -0.506 e. The summed E-state index contributed by atoms with van der Waals surface area (Å²) in [6.45, 7) is 7.20. The highest BCUT2D eigenvalue weighted by atomic mass is 79.9. The molecule has 7 heteroatoms. The molecule has 3 heterocycles. The van der Waals surface area contributed by atoms with Crippen LogP contribution in [0.25, 0.3) is 0 Å². The van der Waals surface area contributed by atoms with Crippen LogP contribution in [0.2, 0.25) is 0 Å². The number of nitrogens with zero attached hydrogens (tertiary/aromatic N) is 2. The minimum absolute atomic E-state index is 0.0433. The van der Waals surface area contributed by atoms with E-state index in [0.29, 0.717) is 19.6 Å². The number of ether oxygens (including phenoxy) is 1. The first-order valence-electron chi connectivity index (χ1n) is 7.76. The van der Waals surface area contributed by atoms with Crippen molar-refractivity contribution in [1.82, 2.24) is 9.47 Å². The van der Waals surface area contributed by atoms with E-state index < -0.39 is 5.60 Å². The van der Waals surface area contributed by atoms with Crippen molar-refractivity contribution in [2.24, 2.45) is 5.92 Å². The molecule has 0 spiro atoms. The van der Waals surface area contributed by atoms with Gasteiger partial charge in [0.25, 0.3) is 5.56 Å². The van der Waals surface area contributed by atoms with Gasteiger partial charge in [0.2, 0.25) is 0 Å². The molecule has 3 rings (SSSR count). The molecule has 0 aliphatic carbocycles. The second-order valence-corrected chi connectivity index (χ2v) is 8.16. The molecule has 23 heavy (non-hydrogen) atoms. The van der Waals surface area contributed by atoms with Crippen molar-refractivity contribution in [3.05, 3.63) is 26.6 Å². The number of carbonyl (C=O) groups is 1. The average Bonchev–Trinajstić information content (AvgIpc) is 2.44. The van der Waals surface area contributed by atoms with Crippen LogP contribution in [0.1, 0.15) is 38.8 Å². The van der Waals surface area contributed by atoms with Crippen molar-refractivity contribution in [2.75, 3.05) is 13.1 Å². The smallest absolute Gasteiger partial charge is 0.410 e. The number of piperidine rings is 1. The molecule has 1 amide bonds. The number of pyridine rings is 1. The summed E-state index contributed by atoms with van der Waals surface area (Å²) in [5, 5.41) is 9.92. The van der Waals surface area contributed by atoms with Crippen molar-refractivity contribution in [2.45, 2.75) is 45.3 Å². The summed E-state index contributed by atoms with van der Waals surface area (Å²) in [7, 11) is 0. The normalized spacial score (nSPS) is 23.4. The minimum atomic E-state index is -0.526. The number of carbonyl (C=O) groups excluding carboxylic acids is 1. The van der Waals surface area contributed by atoms with Crippen molar-refractivity contribution in [1.29, 1.82) is 0 Å². The third kappa shape index (κ3) is 3.11. The van der Waals surface area contributed by atoms with Crippen LogP contribution in [0.5, 0.6) is 5.75 Å². The summed E-state index contributed by atoms with van der Waals surface area (Å²) in [4.78, 5) is 26.4. The number of rotatable bonds is 0. The Morgan fingerprint density at radius 3 is 2.70 bits per heavy atom. The van der Waals surface area contributed by atoms with Gasteiger partial charge < -0.3 is 19.3 Å². The van der Waals surface area contributed by atoms with Crippen LogP contribution in [0.4, 0.5) is 4.79 Å². The second-order valence-electron chi connectivity index (χ2n) is 7.37. The van der Waals surface area contributed by atoms with Gasteiger partial charge in [-0.05, 0) is 49.0 Å². The van der Waals surface area contributed by atoms with E-state index in [0.717, 1.165) is 12.1 Å². The number of amides is 1. The van der Waals surface area contributed by atoms with E-state index in [2.05, 4.69) is 15.9 Å². The molecule has 2 bridgehead atoms. The third-order valence-electron chi connectivity index (χ3n) is 4.30. The monoisotopic (exact) mass is 384 g/mol. The first-order chi connectivity index (χ1) is 10.7. The van der Waals surface area contributed by atoms with Crippen LogP contribution in [-0.4, -0.2) is 39.4 Å². The van der Waals surface area contributed by atoms with E-state index in [1.807, 2.05) is 20.8 Å². The van der Waals surface area contributed by atoms with E-state index in [9.17, 15) is 14.7 Å². The summed E-state index contributed by atoms with van der Waals surface area (Å²) in [5.41, 5.74) is 0.0577. The number of fused-ring (bicyclic) bond motifs is 4. The molecule has 1 unspecified atom stereocenters. The van der Waals surface area contributed by atoms with Crippen molar-refractivity contribution < 1.29 is 14.6 Å². The third-order valence-corrected chi connectivity index (χ3v) is 5.05. The summed E-state index contributed by atoms with van der Waals surface area (Å²) < 4.78 is 7.38. The Morgan fingerprint density at radius 2 is 2.04 bits per heavy atom. The zero-order valence-electron chi connectivity index (χ0n) is 13.5. The fourth-order valence-corrected chi connectivity index (χ4v) is 3.77. The number of halogens is 1. The molecule has 1 aromatic heterocycles. The molecule has 126 valence electrons. The van der Waals surface area contributed by atoms with Gasteiger partial charge in [0, 0.05) is 37.3 Å². The van der Waals surface area contributed by atoms with Crippen molar-refractivity contribution in [3.8, 4) is 5.75 Å². The van der Waals surface area contributed by atoms with Gasteiger partial charge in [0.05, 0.1) is 0 Å². The van der Waals surface area contributed by atoms with Gasteiger partial charge in [0.1, 0.15) is 15.8 Å². The molecule has 2 atom stereocenters.